The summed E-state index contributed by atoms with van der Waals surface area (Å²) in [4.78, 5) is 12.1. The number of nitrogens with two attached hydrogens (primary N) is 1. The number of hydrogen-bond donors (Lipinski definition) is 2. The van der Waals surface area contributed by atoms with Crippen molar-refractivity contribution >= 4 is 17.3 Å². The van der Waals surface area contributed by atoms with Crippen LogP contribution in [0.5, 0.6) is 0 Å². The number of hydrogen-bond acceptors (Lipinski definition) is 3. The SMILES string of the molecule is Cc1ccc(N)c(NC(=O)c2cc(C)oc2C)c1. The van der Waals surface area contributed by atoms with Crippen LogP contribution in [0.1, 0.15) is 27.4 Å². The van der Waals surface area contributed by atoms with Crippen molar-refractivity contribution in [2.45, 2.75) is 20.8 Å². The molecule has 2 aromatic rings. The molecular weight excluding hydrogens is 228 g/mol. The largest absolute Gasteiger partial charge is 0.466 e. The molecule has 0 aliphatic heterocycles. The van der Waals surface area contributed by atoms with E-state index < -0.39 is 0 Å². The maximum Gasteiger partial charge on any atom is 0.259 e. The van der Waals surface area contributed by atoms with E-state index in [1.54, 1.807) is 19.1 Å². The van der Waals surface area contributed by atoms with Gasteiger partial charge >= 0.3 is 0 Å². The molecule has 0 fully saturated rings. The first kappa shape index (κ1) is 12.2. The van der Waals surface area contributed by atoms with E-state index in [1.165, 1.54) is 0 Å². The standard InChI is InChI=1S/C14H16N2O2/c1-8-4-5-12(15)13(6-8)16-14(17)11-7-9(2)18-10(11)3/h4-7H,15H2,1-3H3,(H,16,17). The van der Waals surface area contributed by atoms with Gasteiger partial charge in [-0.1, -0.05) is 6.07 Å². The van der Waals surface area contributed by atoms with Crippen LogP contribution >= 0.6 is 0 Å². The predicted octanol–water partition coefficient (Wildman–Crippen LogP) is 3.04. The molecule has 4 heteroatoms. The minimum atomic E-state index is -0.207. The number of aryl methyl sites for hydroxylation is 3. The maximum atomic E-state index is 12.1. The minimum Gasteiger partial charge on any atom is -0.466 e. The summed E-state index contributed by atoms with van der Waals surface area (Å²) < 4.78 is 5.34. The van der Waals surface area contributed by atoms with E-state index >= 15 is 0 Å². The van der Waals surface area contributed by atoms with Crippen molar-refractivity contribution in [2.24, 2.45) is 0 Å². The second kappa shape index (κ2) is 4.56. The summed E-state index contributed by atoms with van der Waals surface area (Å²) in [5.41, 5.74) is 8.57. The van der Waals surface area contributed by atoms with E-state index in [2.05, 4.69) is 5.32 Å². The third-order valence-electron chi connectivity index (χ3n) is 2.74. The fourth-order valence-electron chi connectivity index (χ4n) is 1.82. The molecule has 0 saturated heterocycles. The quantitative estimate of drug-likeness (QED) is 0.798. The normalized spacial score (nSPS) is 10.4. The summed E-state index contributed by atoms with van der Waals surface area (Å²) in [7, 11) is 0. The third-order valence-corrected chi connectivity index (χ3v) is 2.74. The van der Waals surface area contributed by atoms with Crippen molar-refractivity contribution in [3.8, 4) is 0 Å². The van der Waals surface area contributed by atoms with Gasteiger partial charge in [0.1, 0.15) is 11.5 Å². The summed E-state index contributed by atoms with van der Waals surface area (Å²) in [6.45, 7) is 5.52. The van der Waals surface area contributed by atoms with Crippen LogP contribution in [0.4, 0.5) is 11.4 Å². The molecule has 2 rings (SSSR count). The monoisotopic (exact) mass is 244 g/mol. The van der Waals surface area contributed by atoms with Gasteiger partial charge in [-0.05, 0) is 44.5 Å². The van der Waals surface area contributed by atoms with E-state index in [0.717, 1.165) is 11.3 Å². The first-order valence-corrected chi connectivity index (χ1v) is 5.72. The van der Waals surface area contributed by atoms with Gasteiger partial charge < -0.3 is 15.5 Å². The van der Waals surface area contributed by atoms with Gasteiger partial charge in [0.25, 0.3) is 5.91 Å². The smallest absolute Gasteiger partial charge is 0.259 e. The first-order valence-electron chi connectivity index (χ1n) is 5.72. The van der Waals surface area contributed by atoms with Gasteiger partial charge in [-0.25, -0.2) is 0 Å². The number of amides is 1. The zero-order valence-corrected chi connectivity index (χ0v) is 10.7. The Morgan fingerprint density at radius 3 is 2.56 bits per heavy atom. The van der Waals surface area contributed by atoms with Gasteiger partial charge in [0, 0.05) is 0 Å². The van der Waals surface area contributed by atoms with Crippen molar-refractivity contribution in [3.63, 3.8) is 0 Å². The lowest BCUT2D eigenvalue weighted by Gasteiger charge is -2.08. The summed E-state index contributed by atoms with van der Waals surface area (Å²) >= 11 is 0. The Bertz CT molecular complexity index is 600. The summed E-state index contributed by atoms with van der Waals surface area (Å²) in [6.07, 6.45) is 0. The number of furan rings is 1. The fraction of sp³-hybridized carbons (Fsp3) is 0.214. The average Bonchev–Trinajstić information content (AvgIpc) is 2.63. The highest BCUT2D eigenvalue weighted by Crippen LogP contribution is 2.22. The zero-order valence-electron chi connectivity index (χ0n) is 10.7. The van der Waals surface area contributed by atoms with Gasteiger partial charge in [-0.2, -0.15) is 0 Å². The van der Waals surface area contributed by atoms with E-state index in [4.69, 9.17) is 10.2 Å². The molecule has 1 amide bonds. The Morgan fingerprint density at radius 2 is 1.94 bits per heavy atom. The fourth-order valence-corrected chi connectivity index (χ4v) is 1.82. The number of rotatable bonds is 2. The lowest BCUT2D eigenvalue weighted by molar-refractivity contribution is 0.102. The first-order chi connectivity index (χ1) is 8.47. The Morgan fingerprint density at radius 1 is 1.22 bits per heavy atom. The van der Waals surface area contributed by atoms with Crippen LogP contribution in [0.25, 0.3) is 0 Å². The van der Waals surface area contributed by atoms with Crippen molar-refractivity contribution in [1.82, 2.24) is 0 Å². The second-order valence-corrected chi connectivity index (χ2v) is 4.37. The molecule has 0 spiro atoms. The maximum absolute atomic E-state index is 12.1. The molecule has 0 atom stereocenters. The number of nitrogens with one attached hydrogen (secondary N) is 1. The molecule has 0 saturated carbocycles. The predicted molar refractivity (Wildman–Crippen MR) is 71.7 cm³/mol. The van der Waals surface area contributed by atoms with E-state index in [1.807, 2.05) is 26.0 Å². The summed E-state index contributed by atoms with van der Waals surface area (Å²) in [6, 6.07) is 7.24. The molecule has 0 radical (unpaired) electrons. The number of benzene rings is 1. The number of carbonyl (C=O) groups excluding carboxylic acids is 1. The Hall–Kier alpha value is -2.23. The molecule has 0 bridgehead atoms. The van der Waals surface area contributed by atoms with Crippen LogP contribution in [-0.2, 0) is 0 Å². The van der Waals surface area contributed by atoms with E-state index in [9.17, 15) is 4.79 Å². The van der Waals surface area contributed by atoms with Crippen LogP contribution in [0.15, 0.2) is 28.7 Å². The van der Waals surface area contributed by atoms with Crippen molar-refractivity contribution < 1.29 is 9.21 Å². The van der Waals surface area contributed by atoms with Crippen LogP contribution in [0.2, 0.25) is 0 Å². The number of nitrogen functional groups attached to an aromatic ring is 1. The van der Waals surface area contributed by atoms with E-state index in [0.29, 0.717) is 22.7 Å². The lowest BCUT2D eigenvalue weighted by atomic mass is 10.1. The topological polar surface area (TPSA) is 68.3 Å². The molecule has 94 valence electrons. The van der Waals surface area contributed by atoms with Gasteiger partial charge in [0.2, 0.25) is 0 Å². The number of anilines is 2. The third kappa shape index (κ3) is 2.37. The van der Waals surface area contributed by atoms with E-state index in [-0.39, 0.29) is 5.91 Å². The van der Waals surface area contributed by atoms with Gasteiger partial charge in [0.05, 0.1) is 16.9 Å². The Labute approximate surface area is 106 Å². The molecular formula is C14H16N2O2. The minimum absolute atomic E-state index is 0.207. The van der Waals surface area contributed by atoms with Gasteiger partial charge in [-0.15, -0.1) is 0 Å². The molecule has 18 heavy (non-hydrogen) atoms. The van der Waals surface area contributed by atoms with Crippen LogP contribution < -0.4 is 11.1 Å². The van der Waals surface area contributed by atoms with Crippen molar-refractivity contribution in [1.29, 1.82) is 0 Å². The zero-order chi connectivity index (χ0) is 13.3. The number of carbonyl (C=O) groups is 1. The van der Waals surface area contributed by atoms with Gasteiger partial charge in [-0.3, -0.25) is 4.79 Å². The highest BCUT2D eigenvalue weighted by molar-refractivity contribution is 6.06. The molecule has 1 aromatic carbocycles. The van der Waals surface area contributed by atoms with Crippen LogP contribution in [0, 0.1) is 20.8 Å². The lowest BCUT2D eigenvalue weighted by Crippen LogP contribution is -2.13. The second-order valence-electron chi connectivity index (χ2n) is 4.37. The molecule has 0 aliphatic carbocycles. The Kier molecular flexibility index (Phi) is 3.10. The molecule has 4 nitrogen and oxygen atoms in total. The highest BCUT2D eigenvalue weighted by atomic mass is 16.3. The molecule has 1 heterocycles. The average molecular weight is 244 g/mol. The molecule has 0 unspecified atom stereocenters. The van der Waals surface area contributed by atoms with Crippen molar-refractivity contribution in [2.75, 3.05) is 11.1 Å². The summed E-state index contributed by atoms with van der Waals surface area (Å²) in [5.74, 6) is 1.12. The Balaban J connectivity index is 2.26. The van der Waals surface area contributed by atoms with Crippen LogP contribution in [0.3, 0.4) is 0 Å². The molecule has 1 aromatic heterocycles. The van der Waals surface area contributed by atoms with Gasteiger partial charge in [0.15, 0.2) is 0 Å². The highest BCUT2D eigenvalue weighted by Gasteiger charge is 2.14. The van der Waals surface area contributed by atoms with Crippen molar-refractivity contribution in [3.05, 3.63) is 46.9 Å². The molecule has 3 N–H and O–H groups in total. The summed E-state index contributed by atoms with van der Waals surface area (Å²) in [5, 5.41) is 2.80. The molecule has 0 aliphatic rings. The van der Waals surface area contributed by atoms with Crippen LogP contribution in [-0.4, -0.2) is 5.91 Å².